The van der Waals surface area contributed by atoms with Gasteiger partial charge in [0, 0.05) is 28.2 Å². The first-order valence-corrected chi connectivity index (χ1v) is 10.4. The van der Waals surface area contributed by atoms with Gasteiger partial charge in [-0.05, 0) is 38.8 Å². The van der Waals surface area contributed by atoms with Crippen molar-refractivity contribution in [3.63, 3.8) is 0 Å². The number of nitrogens with zero attached hydrogens (tertiary/aromatic N) is 1. The third kappa shape index (κ3) is 5.16. The van der Waals surface area contributed by atoms with Gasteiger partial charge >= 0.3 is 0 Å². The van der Waals surface area contributed by atoms with E-state index in [4.69, 9.17) is 6.42 Å². The minimum Gasteiger partial charge on any atom is -0.361 e. The Kier molecular flexibility index (Phi) is 6.50. The minimum absolute atomic E-state index is 0.0341. The summed E-state index contributed by atoms with van der Waals surface area (Å²) < 4.78 is 0. The Bertz CT molecular complexity index is 1120. The van der Waals surface area contributed by atoms with E-state index in [1.807, 2.05) is 82.4 Å². The maximum absolute atomic E-state index is 13.5. The number of hydrogen-bond donors (Lipinski definition) is 2. The summed E-state index contributed by atoms with van der Waals surface area (Å²) in [5.74, 6) is 2.12. The largest absolute Gasteiger partial charge is 0.361 e. The van der Waals surface area contributed by atoms with Crippen LogP contribution >= 0.6 is 0 Å². The van der Waals surface area contributed by atoms with Gasteiger partial charge in [-0.15, -0.1) is 6.42 Å². The van der Waals surface area contributed by atoms with Crippen molar-refractivity contribution in [3.05, 3.63) is 71.4 Å². The number of rotatable bonds is 6. The van der Waals surface area contributed by atoms with Crippen LogP contribution in [0.2, 0.25) is 0 Å². The third-order valence-electron chi connectivity index (χ3n) is 5.09. The molecule has 1 unspecified atom stereocenters. The molecule has 5 nitrogen and oxygen atoms in total. The Balaban J connectivity index is 2.08. The molecule has 3 rings (SSSR count). The third-order valence-corrected chi connectivity index (χ3v) is 5.09. The number of para-hydroxylation sites is 1. The number of nitrogens with one attached hydrogen (secondary N) is 2. The van der Waals surface area contributed by atoms with Gasteiger partial charge in [0.1, 0.15) is 6.04 Å². The molecule has 0 bridgehead atoms. The second-order valence-electron chi connectivity index (χ2n) is 8.77. The Labute approximate surface area is 183 Å². The highest BCUT2D eigenvalue weighted by atomic mass is 16.2. The number of terminal acetylenes is 1. The zero-order valence-corrected chi connectivity index (χ0v) is 18.5. The molecule has 31 heavy (non-hydrogen) atoms. The van der Waals surface area contributed by atoms with E-state index in [0.717, 1.165) is 27.6 Å². The molecule has 0 saturated heterocycles. The van der Waals surface area contributed by atoms with E-state index >= 15 is 0 Å². The summed E-state index contributed by atoms with van der Waals surface area (Å²) in [6.45, 7) is 7.79. The molecule has 160 valence electrons. The quantitative estimate of drug-likeness (QED) is 0.595. The van der Waals surface area contributed by atoms with Gasteiger partial charge in [0.15, 0.2) is 0 Å². The van der Waals surface area contributed by atoms with Gasteiger partial charge in [-0.3, -0.25) is 9.59 Å². The summed E-state index contributed by atoms with van der Waals surface area (Å²) in [6.07, 6.45) is 7.61. The molecule has 0 spiro atoms. The van der Waals surface area contributed by atoms with Crippen LogP contribution in [0.1, 0.15) is 43.5 Å². The summed E-state index contributed by atoms with van der Waals surface area (Å²) in [7, 11) is 0. The Morgan fingerprint density at radius 3 is 2.48 bits per heavy atom. The number of hydrogen-bond acceptors (Lipinski definition) is 2. The van der Waals surface area contributed by atoms with E-state index < -0.39 is 11.6 Å². The number of aromatic amines is 1. The topological polar surface area (TPSA) is 65.2 Å². The van der Waals surface area contributed by atoms with Gasteiger partial charge in [0.25, 0.3) is 0 Å². The summed E-state index contributed by atoms with van der Waals surface area (Å²) in [6, 6.07) is 14.5. The van der Waals surface area contributed by atoms with Crippen LogP contribution in [-0.2, 0) is 16.0 Å². The van der Waals surface area contributed by atoms with Crippen LogP contribution < -0.4 is 5.32 Å². The maximum Gasteiger partial charge on any atom is 0.247 e. The zero-order valence-electron chi connectivity index (χ0n) is 18.5. The van der Waals surface area contributed by atoms with Gasteiger partial charge in [0.05, 0.1) is 13.0 Å². The molecule has 1 atom stereocenters. The molecule has 0 fully saturated rings. The fourth-order valence-electron chi connectivity index (χ4n) is 3.74. The van der Waals surface area contributed by atoms with Crippen LogP contribution in [0.15, 0.2) is 54.7 Å². The lowest BCUT2D eigenvalue weighted by atomic mass is 9.99. The van der Waals surface area contributed by atoms with Crippen molar-refractivity contribution >= 4 is 22.7 Å². The first kappa shape index (κ1) is 22.2. The fourth-order valence-corrected chi connectivity index (χ4v) is 3.74. The molecular formula is C26H29N3O2. The summed E-state index contributed by atoms with van der Waals surface area (Å²) in [5.41, 5.74) is 3.17. The predicted molar refractivity (Wildman–Crippen MR) is 124 cm³/mol. The Morgan fingerprint density at radius 2 is 1.84 bits per heavy atom. The van der Waals surface area contributed by atoms with Gasteiger partial charge in [-0.25, -0.2) is 0 Å². The average molecular weight is 416 g/mol. The van der Waals surface area contributed by atoms with Gasteiger partial charge in [-0.1, -0.05) is 54.5 Å². The first-order chi connectivity index (χ1) is 14.7. The lowest BCUT2D eigenvalue weighted by molar-refractivity contribution is -0.140. The molecule has 1 heterocycles. The molecule has 0 aliphatic heterocycles. The number of benzene rings is 2. The highest BCUT2D eigenvalue weighted by Crippen LogP contribution is 2.31. The van der Waals surface area contributed by atoms with Gasteiger partial charge in [0.2, 0.25) is 11.8 Å². The van der Waals surface area contributed by atoms with Crippen LogP contribution in [0, 0.1) is 19.3 Å². The van der Waals surface area contributed by atoms with E-state index in [1.165, 1.54) is 4.90 Å². The van der Waals surface area contributed by atoms with Crippen LogP contribution in [0.3, 0.4) is 0 Å². The summed E-state index contributed by atoms with van der Waals surface area (Å²) in [5, 5.41) is 3.94. The highest BCUT2D eigenvalue weighted by Gasteiger charge is 2.34. The number of H-pyrrole nitrogens is 1. The molecule has 2 N–H and O–H groups in total. The number of aromatic nitrogens is 1. The van der Waals surface area contributed by atoms with Crippen molar-refractivity contribution < 1.29 is 9.59 Å². The fraction of sp³-hybridized carbons (Fsp3) is 0.308. The molecule has 0 saturated carbocycles. The van der Waals surface area contributed by atoms with E-state index in [2.05, 4.69) is 16.2 Å². The monoisotopic (exact) mass is 415 g/mol. The highest BCUT2D eigenvalue weighted by molar-refractivity contribution is 5.96. The maximum atomic E-state index is 13.5. The van der Waals surface area contributed by atoms with Crippen molar-refractivity contribution in [1.29, 1.82) is 0 Å². The first-order valence-electron chi connectivity index (χ1n) is 10.4. The van der Waals surface area contributed by atoms with Crippen LogP contribution in [0.4, 0.5) is 0 Å². The predicted octanol–water partition coefficient (Wildman–Crippen LogP) is 4.14. The second-order valence-corrected chi connectivity index (χ2v) is 8.77. The van der Waals surface area contributed by atoms with Crippen LogP contribution in [0.5, 0.6) is 0 Å². The normalized spacial score (nSPS) is 12.2. The van der Waals surface area contributed by atoms with Gasteiger partial charge in [-0.2, -0.15) is 0 Å². The molecule has 3 aromatic rings. The molecule has 0 aliphatic rings. The Morgan fingerprint density at radius 1 is 1.13 bits per heavy atom. The molecule has 1 aromatic heterocycles. The van der Waals surface area contributed by atoms with Crippen LogP contribution in [0.25, 0.3) is 10.9 Å². The molecular weight excluding hydrogens is 386 g/mol. The Hall–Kier alpha value is -3.52. The van der Waals surface area contributed by atoms with Crippen molar-refractivity contribution in [3.8, 4) is 12.3 Å². The molecule has 2 amide bonds. The van der Waals surface area contributed by atoms with Crippen LogP contribution in [-0.4, -0.2) is 33.8 Å². The number of fused-ring (bicyclic) bond motifs is 1. The van der Waals surface area contributed by atoms with Crippen molar-refractivity contribution in [2.75, 3.05) is 6.54 Å². The number of aryl methyl sites for hydroxylation is 1. The summed E-state index contributed by atoms with van der Waals surface area (Å²) >= 11 is 0. The minimum atomic E-state index is -0.845. The molecule has 5 heteroatoms. The lowest BCUT2D eigenvalue weighted by Crippen LogP contribution is -2.49. The van der Waals surface area contributed by atoms with E-state index in [0.29, 0.717) is 0 Å². The number of carbonyl (C=O) groups is 2. The molecule has 2 aromatic carbocycles. The smallest absolute Gasteiger partial charge is 0.247 e. The molecule has 0 radical (unpaired) electrons. The number of carbonyl (C=O) groups excluding carboxylic acids is 2. The van der Waals surface area contributed by atoms with E-state index in [1.54, 1.807) is 0 Å². The lowest BCUT2D eigenvalue weighted by Gasteiger charge is -2.32. The van der Waals surface area contributed by atoms with E-state index in [-0.39, 0.29) is 24.8 Å². The van der Waals surface area contributed by atoms with Crippen molar-refractivity contribution in [1.82, 2.24) is 15.2 Å². The van der Waals surface area contributed by atoms with Gasteiger partial charge < -0.3 is 15.2 Å². The van der Waals surface area contributed by atoms with E-state index in [9.17, 15) is 9.59 Å². The molecule has 0 aliphatic carbocycles. The average Bonchev–Trinajstić information content (AvgIpc) is 3.12. The zero-order chi connectivity index (χ0) is 22.6. The van der Waals surface area contributed by atoms with Crippen molar-refractivity contribution in [2.45, 2.75) is 45.7 Å². The standard InChI is InChI=1S/C26H29N3O2/c1-6-15-29(22(30)16-19-12-8-7-9-13-19)24(25(31)28-26(3,4)5)21-17-27-23-18(2)11-10-14-20(21)23/h1,7-14,17,24,27H,15-16H2,2-5H3,(H,28,31). The van der Waals surface area contributed by atoms with Crippen molar-refractivity contribution in [2.24, 2.45) is 0 Å². The second kappa shape index (κ2) is 9.09. The SMILES string of the molecule is C#CCN(C(=O)Cc1ccccc1)C(C(=O)NC(C)(C)C)c1c[nH]c2c(C)cccc12. The number of amides is 2. The summed E-state index contributed by atoms with van der Waals surface area (Å²) in [4.78, 5) is 31.6.